The van der Waals surface area contributed by atoms with Crippen molar-refractivity contribution in [1.82, 2.24) is 5.32 Å². The van der Waals surface area contributed by atoms with E-state index in [2.05, 4.69) is 11.9 Å². The lowest BCUT2D eigenvalue weighted by Crippen LogP contribution is -2.35. The summed E-state index contributed by atoms with van der Waals surface area (Å²) in [6.07, 6.45) is 2.27. The number of hydrogen-bond donors (Lipinski definition) is 2. The molecule has 0 spiro atoms. The first-order valence-corrected chi connectivity index (χ1v) is 3.19. The van der Waals surface area contributed by atoms with E-state index >= 15 is 0 Å². The quantitative estimate of drug-likeness (QED) is 0.547. The van der Waals surface area contributed by atoms with E-state index in [9.17, 15) is 4.79 Å². The highest BCUT2D eigenvalue weighted by molar-refractivity contribution is 5.73. The van der Waals surface area contributed by atoms with Crippen LogP contribution in [-0.2, 0) is 4.79 Å². The third kappa shape index (κ3) is 4.09. The van der Waals surface area contributed by atoms with Gasteiger partial charge in [0.1, 0.15) is 0 Å². The Hall–Kier alpha value is -0.830. The Balaban J connectivity index is 3.59. The Morgan fingerprint density at radius 3 is 2.80 bits per heavy atom. The molecule has 1 atom stereocenters. The van der Waals surface area contributed by atoms with Crippen LogP contribution in [0.4, 0.5) is 0 Å². The molecule has 1 amide bonds. The number of aliphatic hydroxyl groups is 1. The first-order chi connectivity index (χ1) is 4.70. The van der Waals surface area contributed by atoms with E-state index in [1.165, 1.54) is 6.92 Å². The van der Waals surface area contributed by atoms with Crippen LogP contribution >= 0.6 is 0 Å². The molecular formula is C7H13NO2. The molecule has 2 N–H and O–H groups in total. The summed E-state index contributed by atoms with van der Waals surface area (Å²) in [5, 5.41) is 11.2. The van der Waals surface area contributed by atoms with Gasteiger partial charge in [-0.15, -0.1) is 6.58 Å². The van der Waals surface area contributed by atoms with Gasteiger partial charge < -0.3 is 10.4 Å². The molecule has 0 rings (SSSR count). The van der Waals surface area contributed by atoms with Gasteiger partial charge in [-0.1, -0.05) is 6.08 Å². The zero-order valence-electron chi connectivity index (χ0n) is 6.13. The van der Waals surface area contributed by atoms with Crippen molar-refractivity contribution in [1.29, 1.82) is 0 Å². The van der Waals surface area contributed by atoms with Crippen molar-refractivity contribution in [2.24, 2.45) is 0 Å². The fourth-order valence-corrected chi connectivity index (χ4v) is 0.668. The molecule has 0 aliphatic rings. The molecule has 58 valence electrons. The van der Waals surface area contributed by atoms with Crippen LogP contribution in [-0.4, -0.2) is 23.7 Å². The summed E-state index contributed by atoms with van der Waals surface area (Å²) >= 11 is 0. The summed E-state index contributed by atoms with van der Waals surface area (Å²) < 4.78 is 0. The largest absolute Gasteiger partial charge is 0.394 e. The van der Waals surface area contributed by atoms with Crippen LogP contribution in [0.5, 0.6) is 0 Å². The van der Waals surface area contributed by atoms with Crippen LogP contribution in [0.25, 0.3) is 0 Å². The minimum absolute atomic E-state index is 0.0361. The first kappa shape index (κ1) is 9.17. The predicted octanol–water partition coefficient (Wildman–Crippen LogP) is 0.0595. The number of aliphatic hydroxyl groups excluding tert-OH is 1. The van der Waals surface area contributed by atoms with Crippen LogP contribution in [0.15, 0.2) is 12.7 Å². The normalized spacial score (nSPS) is 12.2. The second-order valence-corrected chi connectivity index (χ2v) is 2.10. The summed E-state index contributed by atoms with van der Waals surface area (Å²) in [6.45, 7) is 4.88. The topological polar surface area (TPSA) is 49.3 Å². The fraction of sp³-hybridized carbons (Fsp3) is 0.571. The monoisotopic (exact) mass is 143 g/mol. The molecule has 10 heavy (non-hydrogen) atoms. The van der Waals surface area contributed by atoms with Crippen molar-refractivity contribution in [2.45, 2.75) is 19.4 Å². The van der Waals surface area contributed by atoms with Gasteiger partial charge in [0.15, 0.2) is 0 Å². The summed E-state index contributed by atoms with van der Waals surface area (Å²) in [7, 11) is 0. The Kier molecular flexibility index (Phi) is 4.58. The maximum Gasteiger partial charge on any atom is 0.217 e. The summed E-state index contributed by atoms with van der Waals surface area (Å²) in [6, 6.07) is -0.171. The number of carbonyl (C=O) groups excluding carboxylic acids is 1. The smallest absolute Gasteiger partial charge is 0.217 e. The maximum atomic E-state index is 10.4. The van der Waals surface area contributed by atoms with Crippen molar-refractivity contribution >= 4 is 5.91 Å². The Labute approximate surface area is 60.7 Å². The van der Waals surface area contributed by atoms with Crippen molar-refractivity contribution in [3.05, 3.63) is 12.7 Å². The number of nitrogens with one attached hydrogen (secondary N) is 1. The number of hydrogen-bond acceptors (Lipinski definition) is 2. The second-order valence-electron chi connectivity index (χ2n) is 2.10. The Morgan fingerprint density at radius 1 is 1.90 bits per heavy atom. The maximum absolute atomic E-state index is 10.4. The van der Waals surface area contributed by atoms with Crippen LogP contribution in [0, 0.1) is 0 Å². The lowest BCUT2D eigenvalue weighted by Gasteiger charge is -2.11. The van der Waals surface area contributed by atoms with Gasteiger partial charge in [0.2, 0.25) is 5.91 Å². The highest BCUT2D eigenvalue weighted by atomic mass is 16.3. The lowest BCUT2D eigenvalue weighted by atomic mass is 10.2. The summed E-state index contributed by atoms with van der Waals surface area (Å²) in [5.41, 5.74) is 0. The van der Waals surface area contributed by atoms with Gasteiger partial charge in [0, 0.05) is 6.92 Å². The summed E-state index contributed by atoms with van der Waals surface area (Å²) in [5.74, 6) is -0.124. The first-order valence-electron chi connectivity index (χ1n) is 3.19. The van der Waals surface area contributed by atoms with Crippen molar-refractivity contribution < 1.29 is 9.90 Å². The molecule has 0 saturated heterocycles. The average molecular weight is 143 g/mol. The molecule has 3 nitrogen and oxygen atoms in total. The standard InChI is InChI=1S/C7H13NO2/c1-3-4-7(5-9)8-6(2)10/h3,7,9H,1,4-5H2,2H3,(H,8,10)/t7-/m1/s1. The molecule has 3 heteroatoms. The van der Waals surface area contributed by atoms with Gasteiger partial charge in [0.25, 0.3) is 0 Å². The molecule has 0 aromatic carbocycles. The van der Waals surface area contributed by atoms with Gasteiger partial charge in [-0.25, -0.2) is 0 Å². The molecule has 0 aromatic rings. The molecule has 0 bridgehead atoms. The van der Waals surface area contributed by atoms with Gasteiger partial charge in [-0.2, -0.15) is 0 Å². The predicted molar refractivity (Wildman–Crippen MR) is 39.5 cm³/mol. The zero-order chi connectivity index (χ0) is 7.98. The fourth-order valence-electron chi connectivity index (χ4n) is 0.668. The van der Waals surface area contributed by atoms with Gasteiger partial charge in [-0.05, 0) is 6.42 Å². The van der Waals surface area contributed by atoms with E-state index < -0.39 is 0 Å². The Morgan fingerprint density at radius 2 is 2.50 bits per heavy atom. The molecular weight excluding hydrogens is 130 g/mol. The minimum Gasteiger partial charge on any atom is -0.394 e. The van der Waals surface area contributed by atoms with E-state index in [-0.39, 0.29) is 18.6 Å². The average Bonchev–Trinajstić information content (AvgIpc) is 1.86. The van der Waals surface area contributed by atoms with Crippen LogP contribution in [0.1, 0.15) is 13.3 Å². The van der Waals surface area contributed by atoms with Crippen LogP contribution in [0.2, 0.25) is 0 Å². The molecule has 0 unspecified atom stereocenters. The van der Waals surface area contributed by atoms with Gasteiger partial charge >= 0.3 is 0 Å². The van der Waals surface area contributed by atoms with Crippen molar-refractivity contribution in [3.63, 3.8) is 0 Å². The molecule has 0 aliphatic carbocycles. The minimum atomic E-state index is -0.171. The van der Waals surface area contributed by atoms with E-state index in [1.807, 2.05) is 0 Å². The van der Waals surface area contributed by atoms with Crippen molar-refractivity contribution in [2.75, 3.05) is 6.61 Å². The highest BCUT2D eigenvalue weighted by Gasteiger charge is 2.04. The van der Waals surface area contributed by atoms with E-state index in [1.54, 1.807) is 6.08 Å². The molecule has 0 aliphatic heterocycles. The molecule has 0 fully saturated rings. The number of amides is 1. The SMILES string of the molecule is C=CC[C@H](CO)NC(C)=O. The lowest BCUT2D eigenvalue weighted by molar-refractivity contribution is -0.119. The van der Waals surface area contributed by atoms with Gasteiger partial charge in [-0.3, -0.25) is 4.79 Å². The van der Waals surface area contributed by atoms with E-state index in [0.717, 1.165) is 0 Å². The van der Waals surface area contributed by atoms with E-state index in [0.29, 0.717) is 6.42 Å². The van der Waals surface area contributed by atoms with Crippen LogP contribution < -0.4 is 5.32 Å². The number of carbonyl (C=O) groups is 1. The molecule has 0 aromatic heterocycles. The second kappa shape index (κ2) is 4.99. The third-order valence-electron chi connectivity index (χ3n) is 1.08. The molecule has 0 heterocycles. The molecule has 0 radical (unpaired) electrons. The van der Waals surface area contributed by atoms with Gasteiger partial charge in [0.05, 0.1) is 12.6 Å². The molecule has 0 saturated carbocycles. The van der Waals surface area contributed by atoms with E-state index in [4.69, 9.17) is 5.11 Å². The Bertz CT molecular complexity index is 123. The third-order valence-corrected chi connectivity index (χ3v) is 1.08. The van der Waals surface area contributed by atoms with Crippen LogP contribution in [0.3, 0.4) is 0 Å². The highest BCUT2D eigenvalue weighted by Crippen LogP contribution is 1.90. The van der Waals surface area contributed by atoms with Crippen molar-refractivity contribution in [3.8, 4) is 0 Å². The number of rotatable bonds is 4. The summed E-state index contributed by atoms with van der Waals surface area (Å²) in [4.78, 5) is 10.4. The zero-order valence-corrected chi connectivity index (χ0v) is 6.13.